The summed E-state index contributed by atoms with van der Waals surface area (Å²) in [7, 11) is 0. The van der Waals surface area contributed by atoms with Crippen molar-refractivity contribution in [3.05, 3.63) is 34.9 Å². The third-order valence-electron chi connectivity index (χ3n) is 2.34. The van der Waals surface area contributed by atoms with Crippen LogP contribution < -0.4 is 5.32 Å². The minimum absolute atomic E-state index is 0. The summed E-state index contributed by atoms with van der Waals surface area (Å²) in [6, 6.07) is 7.95. The summed E-state index contributed by atoms with van der Waals surface area (Å²) in [4.78, 5) is 0. The molecule has 0 saturated carbocycles. The minimum Gasteiger partial charge on any atom is -0.382 e. The monoisotopic (exact) mass is 277 g/mol. The lowest BCUT2D eigenvalue weighted by molar-refractivity contribution is 0.143. The van der Waals surface area contributed by atoms with Gasteiger partial charge >= 0.3 is 0 Å². The zero-order chi connectivity index (χ0) is 11.6. The molecule has 1 rings (SSSR count). The molecule has 17 heavy (non-hydrogen) atoms. The summed E-state index contributed by atoms with van der Waals surface area (Å²) < 4.78 is 5.27. The molecule has 0 fully saturated rings. The molecule has 0 saturated heterocycles. The highest BCUT2D eigenvalue weighted by Gasteiger charge is 1.93. The topological polar surface area (TPSA) is 21.3 Å². The van der Waals surface area contributed by atoms with Crippen molar-refractivity contribution < 1.29 is 4.74 Å². The average molecular weight is 278 g/mol. The van der Waals surface area contributed by atoms with E-state index in [1.807, 2.05) is 19.1 Å². The van der Waals surface area contributed by atoms with Crippen LogP contribution in [-0.2, 0) is 11.3 Å². The predicted molar refractivity (Wildman–Crippen MR) is 76.1 cm³/mol. The lowest BCUT2D eigenvalue weighted by atomic mass is 10.2. The van der Waals surface area contributed by atoms with Gasteiger partial charge in [0.15, 0.2) is 0 Å². The molecule has 0 amide bonds. The van der Waals surface area contributed by atoms with Crippen molar-refractivity contribution in [1.29, 1.82) is 0 Å². The molecule has 0 aliphatic rings. The summed E-state index contributed by atoms with van der Waals surface area (Å²) in [6.45, 7) is 5.66. The van der Waals surface area contributed by atoms with Gasteiger partial charge in [-0.15, -0.1) is 12.4 Å². The second kappa shape index (κ2) is 10.8. The van der Waals surface area contributed by atoms with Crippen LogP contribution in [0.5, 0.6) is 0 Å². The van der Waals surface area contributed by atoms with Gasteiger partial charge in [0.2, 0.25) is 0 Å². The van der Waals surface area contributed by atoms with E-state index in [2.05, 4.69) is 17.4 Å². The third-order valence-corrected chi connectivity index (χ3v) is 2.59. The van der Waals surface area contributed by atoms with Crippen LogP contribution in [0.3, 0.4) is 0 Å². The molecule has 1 aromatic carbocycles. The number of hydrogen-bond donors (Lipinski definition) is 1. The maximum atomic E-state index is 5.81. The van der Waals surface area contributed by atoms with Crippen LogP contribution in [0, 0.1) is 0 Å². The molecule has 2 nitrogen and oxygen atoms in total. The summed E-state index contributed by atoms with van der Waals surface area (Å²) in [5.74, 6) is 0. The fourth-order valence-electron chi connectivity index (χ4n) is 1.43. The van der Waals surface area contributed by atoms with Crippen molar-refractivity contribution in [2.75, 3.05) is 19.8 Å². The molecule has 4 heteroatoms. The average Bonchev–Trinajstić information content (AvgIpc) is 2.30. The minimum atomic E-state index is 0. The maximum Gasteiger partial charge on any atom is 0.0466 e. The van der Waals surface area contributed by atoms with E-state index in [0.29, 0.717) is 0 Å². The zero-order valence-electron chi connectivity index (χ0n) is 10.2. The van der Waals surface area contributed by atoms with Crippen molar-refractivity contribution >= 4 is 24.0 Å². The Hall–Kier alpha value is -0.280. The molecule has 98 valence electrons. The summed E-state index contributed by atoms with van der Waals surface area (Å²) in [6.07, 6.45) is 2.29. The molecular weight excluding hydrogens is 257 g/mol. The smallest absolute Gasteiger partial charge is 0.0466 e. The van der Waals surface area contributed by atoms with E-state index in [-0.39, 0.29) is 12.4 Å². The third kappa shape index (κ3) is 8.44. The highest BCUT2D eigenvalue weighted by molar-refractivity contribution is 6.30. The van der Waals surface area contributed by atoms with Crippen molar-refractivity contribution in [3.8, 4) is 0 Å². The zero-order valence-corrected chi connectivity index (χ0v) is 11.8. The van der Waals surface area contributed by atoms with E-state index in [1.54, 1.807) is 0 Å². The number of rotatable bonds is 8. The van der Waals surface area contributed by atoms with E-state index < -0.39 is 0 Å². The number of hydrogen-bond acceptors (Lipinski definition) is 2. The fourth-order valence-corrected chi connectivity index (χ4v) is 1.56. The fraction of sp³-hybridized carbons (Fsp3) is 0.538. The lowest BCUT2D eigenvalue weighted by Crippen LogP contribution is -2.15. The van der Waals surface area contributed by atoms with Crippen LogP contribution in [0.15, 0.2) is 24.3 Å². The molecule has 0 bridgehead atoms. The van der Waals surface area contributed by atoms with Gasteiger partial charge in [0.1, 0.15) is 0 Å². The first-order valence-electron chi connectivity index (χ1n) is 5.86. The Bertz CT molecular complexity index is 277. The van der Waals surface area contributed by atoms with Crippen LogP contribution in [-0.4, -0.2) is 19.8 Å². The molecule has 0 atom stereocenters. The van der Waals surface area contributed by atoms with Gasteiger partial charge in [-0.2, -0.15) is 0 Å². The molecule has 0 unspecified atom stereocenters. The van der Waals surface area contributed by atoms with Gasteiger partial charge in [-0.1, -0.05) is 23.7 Å². The second-order valence-electron chi connectivity index (χ2n) is 3.71. The molecule has 0 heterocycles. The van der Waals surface area contributed by atoms with E-state index in [0.717, 1.165) is 44.2 Å². The van der Waals surface area contributed by atoms with Crippen LogP contribution in [0.2, 0.25) is 5.02 Å². The highest BCUT2D eigenvalue weighted by atomic mass is 35.5. The number of halogens is 2. The maximum absolute atomic E-state index is 5.81. The van der Waals surface area contributed by atoms with Gasteiger partial charge in [-0.25, -0.2) is 0 Å². The van der Waals surface area contributed by atoms with Crippen LogP contribution in [0.1, 0.15) is 25.3 Å². The standard InChI is InChI=1S/C13H20ClNO.ClH/c1-2-16-10-4-3-9-15-11-12-5-7-13(14)8-6-12;/h5-8,15H,2-4,9-11H2,1H3;1H. The Morgan fingerprint density at radius 2 is 1.88 bits per heavy atom. The number of ether oxygens (including phenoxy) is 1. The molecule has 1 N–H and O–H groups in total. The van der Waals surface area contributed by atoms with Gasteiger partial charge in [0, 0.05) is 24.8 Å². The van der Waals surface area contributed by atoms with Gasteiger partial charge in [0.25, 0.3) is 0 Å². The van der Waals surface area contributed by atoms with E-state index in [9.17, 15) is 0 Å². The number of benzene rings is 1. The van der Waals surface area contributed by atoms with Crippen molar-refractivity contribution in [2.24, 2.45) is 0 Å². The molecule has 0 aliphatic heterocycles. The number of unbranched alkanes of at least 4 members (excludes halogenated alkanes) is 1. The predicted octanol–water partition coefficient (Wildman–Crippen LogP) is 3.67. The van der Waals surface area contributed by atoms with Gasteiger partial charge < -0.3 is 10.1 Å². The molecule has 0 aromatic heterocycles. The lowest BCUT2D eigenvalue weighted by Gasteiger charge is -2.05. The molecule has 1 aromatic rings. The van der Waals surface area contributed by atoms with Crippen molar-refractivity contribution in [2.45, 2.75) is 26.3 Å². The summed E-state index contributed by atoms with van der Waals surface area (Å²) in [5.41, 5.74) is 1.27. The Kier molecular flexibility index (Phi) is 10.7. The molecule has 0 aliphatic carbocycles. The van der Waals surface area contributed by atoms with E-state index >= 15 is 0 Å². The second-order valence-corrected chi connectivity index (χ2v) is 4.14. The summed E-state index contributed by atoms with van der Waals surface area (Å²) in [5, 5.41) is 4.19. The molecular formula is C13H21Cl2NO. The van der Waals surface area contributed by atoms with Gasteiger partial charge in [-0.3, -0.25) is 0 Å². The van der Waals surface area contributed by atoms with E-state index in [1.165, 1.54) is 5.56 Å². The Labute approximate surface area is 115 Å². The van der Waals surface area contributed by atoms with Gasteiger partial charge in [0.05, 0.1) is 0 Å². The Morgan fingerprint density at radius 3 is 2.53 bits per heavy atom. The Morgan fingerprint density at radius 1 is 1.18 bits per heavy atom. The Balaban J connectivity index is 0.00000256. The van der Waals surface area contributed by atoms with Crippen LogP contribution in [0.4, 0.5) is 0 Å². The van der Waals surface area contributed by atoms with E-state index in [4.69, 9.17) is 16.3 Å². The summed E-state index contributed by atoms with van der Waals surface area (Å²) >= 11 is 5.81. The van der Waals surface area contributed by atoms with Gasteiger partial charge in [-0.05, 0) is 44.0 Å². The highest BCUT2D eigenvalue weighted by Crippen LogP contribution is 2.08. The van der Waals surface area contributed by atoms with Crippen molar-refractivity contribution in [3.63, 3.8) is 0 Å². The first-order valence-corrected chi connectivity index (χ1v) is 6.23. The molecule has 0 radical (unpaired) electrons. The first-order chi connectivity index (χ1) is 7.83. The molecule has 0 spiro atoms. The first kappa shape index (κ1) is 16.7. The largest absolute Gasteiger partial charge is 0.382 e. The van der Waals surface area contributed by atoms with Crippen LogP contribution >= 0.6 is 24.0 Å². The number of nitrogens with one attached hydrogen (secondary N) is 1. The SMILES string of the molecule is CCOCCCCNCc1ccc(Cl)cc1.Cl. The normalized spacial score (nSPS) is 10.0. The van der Waals surface area contributed by atoms with Crippen molar-refractivity contribution in [1.82, 2.24) is 5.32 Å². The van der Waals surface area contributed by atoms with Crippen LogP contribution in [0.25, 0.3) is 0 Å². The quantitative estimate of drug-likeness (QED) is 0.733.